The van der Waals surface area contributed by atoms with Crippen LogP contribution in [0, 0.1) is 6.92 Å². The van der Waals surface area contributed by atoms with Crippen molar-refractivity contribution in [1.29, 1.82) is 0 Å². The first kappa shape index (κ1) is 22.5. The first-order valence-corrected chi connectivity index (χ1v) is 10.0. The maximum absolute atomic E-state index is 12.4. The summed E-state index contributed by atoms with van der Waals surface area (Å²) in [4.78, 5) is 28.7. The van der Waals surface area contributed by atoms with Crippen LogP contribution in [0.2, 0.25) is 0 Å². The van der Waals surface area contributed by atoms with Gasteiger partial charge in [-0.05, 0) is 38.5 Å². The largest absolute Gasteiger partial charge is 0.506 e. The summed E-state index contributed by atoms with van der Waals surface area (Å²) < 4.78 is 15.8. The minimum absolute atomic E-state index is 0.100. The Labute approximate surface area is 174 Å². The number of rotatable bonds is 7. The van der Waals surface area contributed by atoms with Gasteiger partial charge in [-0.3, -0.25) is 4.79 Å². The predicted octanol–water partition coefficient (Wildman–Crippen LogP) is 4.20. The lowest BCUT2D eigenvalue weighted by Crippen LogP contribution is -2.14. The quantitative estimate of drug-likeness (QED) is 0.662. The fourth-order valence-electron chi connectivity index (χ4n) is 2.82. The van der Waals surface area contributed by atoms with Crippen LogP contribution in [0.1, 0.15) is 37.8 Å². The smallest absolute Gasteiger partial charge is 0.344 e. The number of carbonyl (C=O) groups is 2. The van der Waals surface area contributed by atoms with Gasteiger partial charge in [-0.2, -0.15) is 0 Å². The molecular formula is C21H25NO6S. The van der Waals surface area contributed by atoms with Crippen molar-refractivity contribution in [2.45, 2.75) is 33.6 Å². The Hall–Kier alpha value is -2.74. The van der Waals surface area contributed by atoms with Crippen molar-refractivity contribution in [2.24, 2.45) is 4.99 Å². The van der Waals surface area contributed by atoms with Crippen LogP contribution in [0.25, 0.3) is 6.08 Å². The standard InChI is InChI=1S/C21H25NO6S/c1-6-8-16(23)22-20-17(21(25)28-7-2)18(24)15(29-20)11-13-9-10-14(26-4)12(3)19(13)27-5/h9-11,24H,6-8H2,1-5H3/b15-11-,22-20?. The van der Waals surface area contributed by atoms with E-state index in [9.17, 15) is 14.7 Å². The van der Waals surface area contributed by atoms with E-state index in [0.717, 1.165) is 17.3 Å². The van der Waals surface area contributed by atoms with E-state index < -0.39 is 5.97 Å². The molecule has 2 rings (SSSR count). The van der Waals surface area contributed by atoms with Crippen LogP contribution in [-0.2, 0) is 14.3 Å². The van der Waals surface area contributed by atoms with Crippen LogP contribution in [-0.4, -0.2) is 42.9 Å². The van der Waals surface area contributed by atoms with E-state index in [2.05, 4.69) is 4.99 Å². The zero-order chi connectivity index (χ0) is 21.6. The van der Waals surface area contributed by atoms with Gasteiger partial charge in [-0.25, -0.2) is 9.79 Å². The third-order valence-corrected chi connectivity index (χ3v) is 5.18. The Kier molecular flexibility index (Phi) is 7.90. The van der Waals surface area contributed by atoms with Crippen molar-refractivity contribution in [3.8, 4) is 11.5 Å². The van der Waals surface area contributed by atoms with Crippen molar-refractivity contribution in [1.82, 2.24) is 0 Å². The number of methoxy groups -OCH3 is 2. The molecule has 0 radical (unpaired) electrons. The van der Waals surface area contributed by atoms with Crippen molar-refractivity contribution >= 4 is 34.8 Å². The zero-order valence-corrected chi connectivity index (χ0v) is 18.0. The summed E-state index contributed by atoms with van der Waals surface area (Å²) in [6.07, 6.45) is 2.57. The lowest BCUT2D eigenvalue weighted by Gasteiger charge is -2.12. The molecule has 8 heteroatoms. The van der Waals surface area contributed by atoms with Crippen LogP contribution >= 0.6 is 11.8 Å². The molecule has 29 heavy (non-hydrogen) atoms. The van der Waals surface area contributed by atoms with Gasteiger partial charge < -0.3 is 19.3 Å². The molecule has 0 saturated carbocycles. The Bertz CT molecular complexity index is 901. The van der Waals surface area contributed by atoms with E-state index in [1.54, 1.807) is 39.4 Å². The molecule has 0 aromatic heterocycles. The minimum Gasteiger partial charge on any atom is -0.506 e. The zero-order valence-electron chi connectivity index (χ0n) is 17.2. The highest BCUT2D eigenvalue weighted by Crippen LogP contribution is 2.41. The molecule has 0 fully saturated rings. The molecule has 0 atom stereocenters. The molecule has 0 unspecified atom stereocenters. The highest BCUT2D eigenvalue weighted by Gasteiger charge is 2.34. The molecule has 1 heterocycles. The van der Waals surface area contributed by atoms with Gasteiger partial charge in [0.1, 0.15) is 27.9 Å². The Morgan fingerprint density at radius 2 is 1.93 bits per heavy atom. The van der Waals surface area contributed by atoms with Gasteiger partial charge in [-0.15, -0.1) is 0 Å². The maximum Gasteiger partial charge on any atom is 0.344 e. The van der Waals surface area contributed by atoms with E-state index in [-0.39, 0.29) is 35.3 Å². The van der Waals surface area contributed by atoms with Crippen LogP contribution in [0.4, 0.5) is 0 Å². The molecule has 1 aliphatic rings. The summed E-state index contributed by atoms with van der Waals surface area (Å²) in [6.45, 7) is 5.53. The van der Waals surface area contributed by atoms with Crippen LogP contribution in [0.15, 0.2) is 33.4 Å². The summed E-state index contributed by atoms with van der Waals surface area (Å²) in [5, 5.41) is 10.8. The van der Waals surface area contributed by atoms with Crippen molar-refractivity contribution < 1.29 is 28.9 Å². The highest BCUT2D eigenvalue weighted by atomic mass is 32.2. The number of aliphatic hydroxyl groups is 1. The second kappa shape index (κ2) is 10.2. The van der Waals surface area contributed by atoms with Gasteiger partial charge in [0.15, 0.2) is 0 Å². The summed E-state index contributed by atoms with van der Waals surface area (Å²) in [5.41, 5.74) is 1.38. The number of esters is 1. The van der Waals surface area contributed by atoms with Gasteiger partial charge in [0, 0.05) is 17.5 Å². The van der Waals surface area contributed by atoms with E-state index >= 15 is 0 Å². The van der Waals surface area contributed by atoms with Crippen LogP contribution < -0.4 is 9.47 Å². The number of benzene rings is 1. The van der Waals surface area contributed by atoms with Crippen molar-refractivity contribution in [3.63, 3.8) is 0 Å². The number of hydrogen-bond donors (Lipinski definition) is 1. The molecule has 1 N–H and O–H groups in total. The van der Waals surface area contributed by atoms with Gasteiger partial charge >= 0.3 is 5.97 Å². The molecule has 0 aliphatic carbocycles. The SMILES string of the molecule is CCCC(=O)N=C1S/C(=C\c2ccc(OC)c(C)c2OC)C(O)=C1C(=O)OCC. The predicted molar refractivity (Wildman–Crippen MR) is 113 cm³/mol. The molecule has 7 nitrogen and oxygen atoms in total. The lowest BCUT2D eigenvalue weighted by atomic mass is 10.1. The Morgan fingerprint density at radius 1 is 1.21 bits per heavy atom. The van der Waals surface area contributed by atoms with Crippen molar-refractivity contribution in [3.05, 3.63) is 39.5 Å². The minimum atomic E-state index is -0.721. The number of ether oxygens (including phenoxy) is 3. The molecule has 156 valence electrons. The van der Waals surface area contributed by atoms with Gasteiger partial charge in [-0.1, -0.05) is 18.7 Å². The number of nitrogens with zero attached hydrogens (tertiary/aromatic N) is 1. The van der Waals surface area contributed by atoms with E-state index in [4.69, 9.17) is 14.2 Å². The molecule has 1 aromatic carbocycles. The fourth-order valence-corrected chi connectivity index (χ4v) is 3.84. The molecule has 1 amide bonds. The van der Waals surface area contributed by atoms with Gasteiger partial charge in [0.2, 0.25) is 5.91 Å². The second-order valence-electron chi connectivity index (χ2n) is 6.13. The van der Waals surface area contributed by atoms with Crippen LogP contribution in [0.3, 0.4) is 0 Å². The molecular weight excluding hydrogens is 394 g/mol. The average molecular weight is 419 g/mol. The van der Waals surface area contributed by atoms with Crippen LogP contribution in [0.5, 0.6) is 11.5 Å². The number of aliphatic hydroxyl groups excluding tert-OH is 1. The normalized spacial score (nSPS) is 16.4. The topological polar surface area (TPSA) is 94.4 Å². The summed E-state index contributed by atoms with van der Waals surface area (Å²) >= 11 is 1.04. The maximum atomic E-state index is 12.4. The van der Waals surface area contributed by atoms with Gasteiger partial charge in [0.05, 0.1) is 25.7 Å². The van der Waals surface area contributed by atoms with E-state index in [1.165, 1.54) is 0 Å². The lowest BCUT2D eigenvalue weighted by molar-refractivity contribution is -0.138. The third-order valence-electron chi connectivity index (χ3n) is 4.16. The number of carbonyl (C=O) groups excluding carboxylic acids is 2. The first-order chi connectivity index (χ1) is 13.9. The number of hydrogen-bond acceptors (Lipinski definition) is 7. The Morgan fingerprint density at radius 3 is 2.52 bits per heavy atom. The highest BCUT2D eigenvalue weighted by molar-refractivity contribution is 8.18. The molecule has 1 aromatic rings. The second-order valence-corrected chi connectivity index (χ2v) is 7.16. The first-order valence-electron chi connectivity index (χ1n) is 9.21. The van der Waals surface area contributed by atoms with Gasteiger partial charge in [0.25, 0.3) is 0 Å². The monoisotopic (exact) mass is 419 g/mol. The fraction of sp³-hybridized carbons (Fsp3) is 0.381. The van der Waals surface area contributed by atoms with E-state index in [0.29, 0.717) is 28.4 Å². The molecule has 0 spiro atoms. The third kappa shape index (κ3) is 5.00. The van der Waals surface area contributed by atoms with E-state index in [1.807, 2.05) is 13.8 Å². The number of thioether (sulfide) groups is 1. The molecule has 1 aliphatic heterocycles. The number of amides is 1. The summed E-state index contributed by atoms with van der Waals surface area (Å²) in [7, 11) is 3.12. The average Bonchev–Trinajstić information content (AvgIpc) is 2.97. The number of aliphatic imine (C=N–C) groups is 1. The summed E-state index contributed by atoms with van der Waals surface area (Å²) in [6, 6.07) is 3.57. The Balaban J connectivity index is 2.55. The molecule has 0 saturated heterocycles. The van der Waals surface area contributed by atoms with Crippen molar-refractivity contribution in [2.75, 3.05) is 20.8 Å². The summed E-state index contributed by atoms with van der Waals surface area (Å²) in [5.74, 6) is -0.101. The molecule has 0 bridgehead atoms.